The Morgan fingerprint density at radius 2 is 2.25 bits per heavy atom. The normalized spacial score (nSPS) is 13.8. The van der Waals surface area contributed by atoms with Crippen molar-refractivity contribution in [1.29, 1.82) is 0 Å². The Morgan fingerprint density at radius 1 is 1.35 bits per heavy atom. The van der Waals surface area contributed by atoms with Crippen LogP contribution in [-0.4, -0.2) is 32.6 Å². The number of carbonyl (C=O) groups is 1. The van der Waals surface area contributed by atoms with E-state index in [4.69, 9.17) is 0 Å². The average Bonchev–Trinajstić information content (AvgIpc) is 2.47. The average molecular weight is 270 g/mol. The highest BCUT2D eigenvalue weighted by molar-refractivity contribution is 5.87. The molecule has 102 valence electrons. The minimum atomic E-state index is -1.00. The van der Waals surface area contributed by atoms with Gasteiger partial charge < -0.3 is 10.4 Å². The van der Waals surface area contributed by atoms with Gasteiger partial charge in [-0.25, -0.2) is 14.8 Å². The Bertz CT molecular complexity index is 643. The van der Waals surface area contributed by atoms with Gasteiger partial charge in [0.1, 0.15) is 5.82 Å². The molecule has 0 atom stereocenters. The van der Waals surface area contributed by atoms with E-state index in [1.165, 1.54) is 0 Å². The SMILES string of the molecule is O=C(O)c1nc(Cc2ccccn2)nc2c1CNCC2. The molecule has 0 spiro atoms. The smallest absolute Gasteiger partial charge is 0.354 e. The van der Waals surface area contributed by atoms with Crippen LogP contribution in [-0.2, 0) is 19.4 Å². The maximum absolute atomic E-state index is 11.3. The summed E-state index contributed by atoms with van der Waals surface area (Å²) in [5, 5.41) is 12.4. The molecule has 6 heteroatoms. The summed E-state index contributed by atoms with van der Waals surface area (Å²) in [5.41, 5.74) is 2.47. The van der Waals surface area contributed by atoms with Crippen molar-refractivity contribution in [2.45, 2.75) is 19.4 Å². The first-order valence-electron chi connectivity index (χ1n) is 6.46. The molecule has 0 aliphatic carbocycles. The Kier molecular flexibility index (Phi) is 3.39. The lowest BCUT2D eigenvalue weighted by Crippen LogP contribution is -2.28. The van der Waals surface area contributed by atoms with Crippen molar-refractivity contribution in [3.63, 3.8) is 0 Å². The van der Waals surface area contributed by atoms with Gasteiger partial charge in [-0.2, -0.15) is 0 Å². The molecule has 0 saturated heterocycles. The molecule has 6 nitrogen and oxygen atoms in total. The van der Waals surface area contributed by atoms with E-state index in [2.05, 4.69) is 20.3 Å². The van der Waals surface area contributed by atoms with Gasteiger partial charge in [0.05, 0.1) is 12.1 Å². The number of aromatic carboxylic acids is 1. The van der Waals surface area contributed by atoms with E-state index in [9.17, 15) is 9.90 Å². The maximum Gasteiger partial charge on any atom is 0.354 e. The summed E-state index contributed by atoms with van der Waals surface area (Å²) in [6, 6.07) is 5.61. The maximum atomic E-state index is 11.3. The molecule has 0 aromatic carbocycles. The van der Waals surface area contributed by atoms with Crippen molar-refractivity contribution in [2.75, 3.05) is 6.54 Å². The topological polar surface area (TPSA) is 88.0 Å². The van der Waals surface area contributed by atoms with Crippen molar-refractivity contribution >= 4 is 5.97 Å². The largest absolute Gasteiger partial charge is 0.476 e. The van der Waals surface area contributed by atoms with Gasteiger partial charge in [-0.1, -0.05) is 6.07 Å². The summed E-state index contributed by atoms with van der Waals surface area (Å²) in [7, 11) is 0. The van der Waals surface area contributed by atoms with E-state index >= 15 is 0 Å². The second-order valence-corrected chi connectivity index (χ2v) is 4.64. The van der Waals surface area contributed by atoms with E-state index in [0.29, 0.717) is 24.4 Å². The molecule has 3 heterocycles. The van der Waals surface area contributed by atoms with Crippen molar-refractivity contribution in [3.8, 4) is 0 Å². The Hall–Kier alpha value is -2.34. The summed E-state index contributed by atoms with van der Waals surface area (Å²) in [6.07, 6.45) is 2.88. The minimum Gasteiger partial charge on any atom is -0.476 e. The van der Waals surface area contributed by atoms with Crippen LogP contribution in [0.25, 0.3) is 0 Å². The number of nitrogens with zero attached hydrogens (tertiary/aromatic N) is 3. The van der Waals surface area contributed by atoms with Crippen molar-refractivity contribution in [1.82, 2.24) is 20.3 Å². The number of nitrogens with one attached hydrogen (secondary N) is 1. The van der Waals surface area contributed by atoms with Crippen LogP contribution >= 0.6 is 0 Å². The van der Waals surface area contributed by atoms with Crippen molar-refractivity contribution in [3.05, 3.63) is 52.9 Å². The van der Waals surface area contributed by atoms with E-state index in [1.807, 2.05) is 18.2 Å². The van der Waals surface area contributed by atoms with Crippen LogP contribution in [0.3, 0.4) is 0 Å². The molecule has 0 saturated carbocycles. The fourth-order valence-corrected chi connectivity index (χ4v) is 2.31. The molecular formula is C14H14N4O2. The number of carboxylic acids is 1. The standard InChI is InChI=1S/C14H14N4O2/c19-14(20)13-10-8-15-6-4-11(10)17-12(18-13)7-9-3-1-2-5-16-9/h1-3,5,15H,4,6-8H2,(H,19,20). The second-order valence-electron chi connectivity index (χ2n) is 4.64. The second kappa shape index (κ2) is 5.34. The van der Waals surface area contributed by atoms with Crippen LogP contribution in [0, 0.1) is 0 Å². The van der Waals surface area contributed by atoms with Gasteiger partial charge in [0.15, 0.2) is 5.69 Å². The third kappa shape index (κ3) is 2.50. The van der Waals surface area contributed by atoms with Gasteiger partial charge in [-0.05, 0) is 12.1 Å². The lowest BCUT2D eigenvalue weighted by Gasteiger charge is -2.18. The zero-order chi connectivity index (χ0) is 13.9. The van der Waals surface area contributed by atoms with Gasteiger partial charge in [0, 0.05) is 37.0 Å². The fourth-order valence-electron chi connectivity index (χ4n) is 2.31. The van der Waals surface area contributed by atoms with Crippen LogP contribution in [0.2, 0.25) is 0 Å². The lowest BCUT2D eigenvalue weighted by molar-refractivity contribution is 0.0688. The first-order valence-corrected chi connectivity index (χ1v) is 6.46. The van der Waals surface area contributed by atoms with Crippen LogP contribution < -0.4 is 5.32 Å². The molecular weight excluding hydrogens is 256 g/mol. The van der Waals surface area contributed by atoms with Crippen LogP contribution in [0.5, 0.6) is 0 Å². The highest BCUT2D eigenvalue weighted by Gasteiger charge is 2.21. The van der Waals surface area contributed by atoms with E-state index < -0.39 is 5.97 Å². The van der Waals surface area contributed by atoms with Crippen molar-refractivity contribution < 1.29 is 9.90 Å². The van der Waals surface area contributed by atoms with Gasteiger partial charge >= 0.3 is 5.97 Å². The lowest BCUT2D eigenvalue weighted by atomic mass is 10.0. The summed E-state index contributed by atoms with van der Waals surface area (Å²) >= 11 is 0. The highest BCUT2D eigenvalue weighted by atomic mass is 16.4. The number of hydrogen-bond acceptors (Lipinski definition) is 5. The van der Waals surface area contributed by atoms with Crippen LogP contribution in [0.4, 0.5) is 0 Å². The van der Waals surface area contributed by atoms with Crippen molar-refractivity contribution in [2.24, 2.45) is 0 Å². The van der Waals surface area contributed by atoms with E-state index in [0.717, 1.165) is 24.4 Å². The van der Waals surface area contributed by atoms with Gasteiger partial charge in [0.25, 0.3) is 0 Å². The molecule has 2 N–H and O–H groups in total. The third-order valence-electron chi connectivity index (χ3n) is 3.25. The Balaban J connectivity index is 2.00. The fraction of sp³-hybridized carbons (Fsp3) is 0.286. The monoisotopic (exact) mass is 270 g/mol. The summed E-state index contributed by atoms with van der Waals surface area (Å²) in [6.45, 7) is 1.33. The molecule has 0 fully saturated rings. The summed E-state index contributed by atoms with van der Waals surface area (Å²) in [5.74, 6) is -0.489. The summed E-state index contributed by atoms with van der Waals surface area (Å²) < 4.78 is 0. The zero-order valence-corrected chi connectivity index (χ0v) is 10.8. The van der Waals surface area contributed by atoms with Gasteiger partial charge in [0.2, 0.25) is 0 Å². The van der Waals surface area contributed by atoms with Crippen LogP contribution in [0.1, 0.15) is 33.3 Å². The molecule has 3 rings (SSSR count). The third-order valence-corrected chi connectivity index (χ3v) is 3.25. The quantitative estimate of drug-likeness (QED) is 0.858. The van der Waals surface area contributed by atoms with Gasteiger partial charge in [-0.3, -0.25) is 4.98 Å². The molecule has 2 aromatic heterocycles. The number of fused-ring (bicyclic) bond motifs is 1. The molecule has 1 aliphatic rings. The van der Waals surface area contributed by atoms with Gasteiger partial charge in [-0.15, -0.1) is 0 Å². The number of hydrogen-bond donors (Lipinski definition) is 2. The zero-order valence-electron chi connectivity index (χ0n) is 10.8. The molecule has 2 aromatic rings. The first kappa shape index (κ1) is 12.7. The Labute approximate surface area is 115 Å². The number of rotatable bonds is 3. The first-order chi connectivity index (χ1) is 9.74. The predicted octanol–water partition coefficient (Wildman–Crippen LogP) is 0.806. The highest BCUT2D eigenvalue weighted by Crippen LogP contribution is 2.17. The molecule has 0 amide bonds. The molecule has 0 bridgehead atoms. The van der Waals surface area contributed by atoms with E-state index in [1.54, 1.807) is 6.20 Å². The molecule has 0 unspecified atom stereocenters. The minimum absolute atomic E-state index is 0.105. The number of pyridine rings is 1. The number of carboxylic acid groups (broad SMARTS) is 1. The molecule has 0 radical (unpaired) electrons. The predicted molar refractivity (Wildman–Crippen MR) is 71.4 cm³/mol. The Morgan fingerprint density at radius 3 is 3.00 bits per heavy atom. The van der Waals surface area contributed by atoms with E-state index in [-0.39, 0.29) is 5.69 Å². The van der Waals surface area contributed by atoms with Crippen LogP contribution in [0.15, 0.2) is 24.4 Å². The number of aromatic nitrogens is 3. The molecule has 20 heavy (non-hydrogen) atoms. The summed E-state index contributed by atoms with van der Waals surface area (Å²) in [4.78, 5) is 24.3. The molecule has 1 aliphatic heterocycles.